The Morgan fingerprint density at radius 3 is 2.84 bits per heavy atom. The Kier molecular flexibility index (Phi) is 4.02. The minimum atomic E-state index is 0.0796. The molecule has 1 aliphatic heterocycles. The summed E-state index contributed by atoms with van der Waals surface area (Å²) in [4.78, 5) is 10.6. The number of likely N-dealkylation sites (N-methyl/N-ethyl adjacent to an activating group) is 1. The molecule has 25 heavy (non-hydrogen) atoms. The second-order valence-corrected chi connectivity index (χ2v) is 5.93. The van der Waals surface area contributed by atoms with Crippen LogP contribution in [0, 0.1) is 0 Å². The zero-order valence-corrected chi connectivity index (χ0v) is 13.8. The number of aromatic hydroxyl groups is 1. The van der Waals surface area contributed by atoms with Crippen molar-refractivity contribution in [3.05, 3.63) is 36.9 Å². The predicted octanol–water partition coefficient (Wildman–Crippen LogP) is 1.70. The minimum absolute atomic E-state index is 0.0796. The summed E-state index contributed by atoms with van der Waals surface area (Å²) >= 11 is 0. The molecule has 8 nitrogen and oxygen atoms in total. The highest BCUT2D eigenvalue weighted by atomic mass is 16.3. The molecule has 128 valence electrons. The number of anilines is 1. The molecule has 1 fully saturated rings. The lowest BCUT2D eigenvalue weighted by molar-refractivity contribution is 0.476. The number of hydrogen-bond acceptors (Lipinski definition) is 8. The number of hydrogen-bond donors (Lipinski definition) is 2. The number of nitrogens with zero attached hydrogens (tertiary/aromatic N) is 5. The molecule has 3 aromatic rings. The third-order valence-corrected chi connectivity index (χ3v) is 4.38. The highest BCUT2D eigenvalue weighted by Crippen LogP contribution is 2.31. The number of phenolic OH excluding ortho intramolecular Hbond substituents is 1. The molecule has 8 heteroatoms. The first kappa shape index (κ1) is 15.5. The fourth-order valence-electron chi connectivity index (χ4n) is 2.96. The molecule has 0 aliphatic carbocycles. The van der Waals surface area contributed by atoms with Crippen LogP contribution in [0.1, 0.15) is 6.42 Å². The molecule has 0 radical (unpaired) electrons. The smallest absolute Gasteiger partial charge is 0.245 e. The molecule has 1 saturated heterocycles. The summed E-state index contributed by atoms with van der Waals surface area (Å²) in [6, 6.07) is 5.62. The van der Waals surface area contributed by atoms with Crippen molar-refractivity contribution in [2.45, 2.75) is 12.5 Å². The first-order valence-electron chi connectivity index (χ1n) is 8.10. The van der Waals surface area contributed by atoms with E-state index in [1.807, 2.05) is 13.1 Å². The SMILES string of the molecule is CNC1CCN(c2ncc(-c3ccc(-c4ncco4)cc3O)nn2)C1. The Hall–Kier alpha value is -3.00. The molecule has 1 unspecified atom stereocenters. The summed E-state index contributed by atoms with van der Waals surface area (Å²) in [7, 11) is 1.96. The third kappa shape index (κ3) is 3.03. The van der Waals surface area contributed by atoms with E-state index >= 15 is 0 Å². The summed E-state index contributed by atoms with van der Waals surface area (Å²) in [6.45, 7) is 1.77. The molecule has 2 aromatic heterocycles. The number of rotatable bonds is 4. The first-order chi connectivity index (χ1) is 12.2. The van der Waals surface area contributed by atoms with E-state index in [9.17, 15) is 5.11 Å². The van der Waals surface area contributed by atoms with E-state index in [0.717, 1.165) is 19.5 Å². The second-order valence-electron chi connectivity index (χ2n) is 5.93. The zero-order chi connectivity index (χ0) is 17.2. The van der Waals surface area contributed by atoms with E-state index in [0.29, 0.717) is 34.7 Å². The topological polar surface area (TPSA) is 100 Å². The van der Waals surface area contributed by atoms with Crippen LogP contribution in [0.2, 0.25) is 0 Å². The van der Waals surface area contributed by atoms with Crippen molar-refractivity contribution >= 4 is 5.95 Å². The van der Waals surface area contributed by atoms with Crippen LogP contribution < -0.4 is 10.2 Å². The summed E-state index contributed by atoms with van der Waals surface area (Å²) in [5.74, 6) is 1.14. The van der Waals surface area contributed by atoms with Crippen LogP contribution in [0.5, 0.6) is 5.75 Å². The quantitative estimate of drug-likeness (QED) is 0.741. The monoisotopic (exact) mass is 338 g/mol. The first-order valence-corrected chi connectivity index (χ1v) is 8.10. The number of oxazole rings is 1. The average molecular weight is 338 g/mol. The largest absolute Gasteiger partial charge is 0.507 e. The van der Waals surface area contributed by atoms with Gasteiger partial charge >= 0.3 is 0 Å². The van der Waals surface area contributed by atoms with Crippen molar-refractivity contribution in [3.63, 3.8) is 0 Å². The van der Waals surface area contributed by atoms with Crippen LogP contribution in [0.25, 0.3) is 22.7 Å². The van der Waals surface area contributed by atoms with Gasteiger partial charge in [0.1, 0.15) is 17.7 Å². The van der Waals surface area contributed by atoms with Crippen molar-refractivity contribution in [3.8, 4) is 28.5 Å². The molecule has 3 heterocycles. The van der Waals surface area contributed by atoms with Crippen LogP contribution in [0.3, 0.4) is 0 Å². The highest BCUT2D eigenvalue weighted by molar-refractivity contribution is 5.71. The number of benzene rings is 1. The minimum Gasteiger partial charge on any atom is -0.507 e. The van der Waals surface area contributed by atoms with Gasteiger partial charge in [0.25, 0.3) is 0 Å². The van der Waals surface area contributed by atoms with Crippen LogP contribution in [0.15, 0.2) is 41.3 Å². The zero-order valence-electron chi connectivity index (χ0n) is 13.8. The van der Waals surface area contributed by atoms with Crippen LogP contribution >= 0.6 is 0 Å². The number of aromatic nitrogens is 4. The molecule has 0 saturated carbocycles. The van der Waals surface area contributed by atoms with E-state index in [1.165, 1.54) is 6.26 Å². The van der Waals surface area contributed by atoms with Gasteiger partial charge in [0.15, 0.2) is 0 Å². The Morgan fingerprint density at radius 2 is 2.20 bits per heavy atom. The van der Waals surface area contributed by atoms with Crippen molar-refractivity contribution in [1.29, 1.82) is 0 Å². The van der Waals surface area contributed by atoms with Gasteiger partial charge in [-0.05, 0) is 31.7 Å². The maximum Gasteiger partial charge on any atom is 0.245 e. The molecule has 4 rings (SSSR count). The van der Waals surface area contributed by atoms with E-state index in [2.05, 4.69) is 30.4 Å². The molecule has 1 aliphatic rings. The van der Waals surface area contributed by atoms with Gasteiger partial charge in [-0.2, -0.15) is 0 Å². The number of nitrogens with one attached hydrogen (secondary N) is 1. The molecule has 0 spiro atoms. The molecule has 1 atom stereocenters. The summed E-state index contributed by atoms with van der Waals surface area (Å²) < 4.78 is 5.24. The van der Waals surface area contributed by atoms with Gasteiger partial charge in [-0.25, -0.2) is 9.97 Å². The Labute approximate surface area is 144 Å². The normalized spacial score (nSPS) is 17.2. The van der Waals surface area contributed by atoms with Gasteiger partial charge in [0.05, 0.1) is 12.4 Å². The van der Waals surface area contributed by atoms with E-state index in [4.69, 9.17) is 4.42 Å². The van der Waals surface area contributed by atoms with Gasteiger partial charge in [-0.15, -0.1) is 10.2 Å². The fourth-order valence-corrected chi connectivity index (χ4v) is 2.96. The van der Waals surface area contributed by atoms with Crippen molar-refractivity contribution < 1.29 is 9.52 Å². The molecular formula is C17H18N6O2. The van der Waals surface area contributed by atoms with E-state index < -0.39 is 0 Å². The second kappa shape index (κ2) is 6.48. The molecule has 2 N–H and O–H groups in total. The lowest BCUT2D eigenvalue weighted by Gasteiger charge is -2.15. The van der Waals surface area contributed by atoms with Crippen LogP contribution in [-0.2, 0) is 0 Å². The lowest BCUT2D eigenvalue weighted by Crippen LogP contribution is -2.30. The van der Waals surface area contributed by atoms with E-state index in [1.54, 1.807) is 24.5 Å². The van der Waals surface area contributed by atoms with Crippen molar-refractivity contribution in [1.82, 2.24) is 25.5 Å². The third-order valence-electron chi connectivity index (χ3n) is 4.38. The maximum atomic E-state index is 10.3. The fraction of sp³-hybridized carbons (Fsp3) is 0.294. The Balaban J connectivity index is 1.56. The van der Waals surface area contributed by atoms with Crippen LogP contribution in [0.4, 0.5) is 5.95 Å². The Morgan fingerprint density at radius 1 is 1.28 bits per heavy atom. The van der Waals surface area contributed by atoms with Crippen molar-refractivity contribution in [2.75, 3.05) is 25.0 Å². The van der Waals surface area contributed by atoms with Crippen LogP contribution in [-0.4, -0.2) is 51.5 Å². The van der Waals surface area contributed by atoms with Gasteiger partial charge < -0.3 is 19.7 Å². The standard InChI is InChI=1S/C17H18N6O2/c1-18-12-4-6-23(10-12)17-20-9-14(21-22-17)13-3-2-11(8-15(13)24)16-19-5-7-25-16/h2-3,5,7-9,12,18,24H,4,6,10H2,1H3. The summed E-state index contributed by atoms with van der Waals surface area (Å²) in [5, 5.41) is 22.0. The number of phenols is 1. The predicted molar refractivity (Wildman–Crippen MR) is 92.1 cm³/mol. The van der Waals surface area contributed by atoms with Crippen molar-refractivity contribution in [2.24, 2.45) is 0 Å². The van der Waals surface area contributed by atoms with E-state index in [-0.39, 0.29) is 5.75 Å². The van der Waals surface area contributed by atoms with Gasteiger partial charge in [0, 0.05) is 30.3 Å². The van der Waals surface area contributed by atoms with Gasteiger partial charge in [0.2, 0.25) is 11.8 Å². The van der Waals surface area contributed by atoms with Gasteiger partial charge in [-0.3, -0.25) is 0 Å². The molecule has 0 amide bonds. The summed E-state index contributed by atoms with van der Waals surface area (Å²) in [5.41, 5.74) is 1.78. The lowest BCUT2D eigenvalue weighted by atomic mass is 10.1. The molecular weight excluding hydrogens is 320 g/mol. The van der Waals surface area contributed by atoms with Gasteiger partial charge in [-0.1, -0.05) is 0 Å². The Bertz CT molecular complexity index is 850. The highest BCUT2D eigenvalue weighted by Gasteiger charge is 2.23. The average Bonchev–Trinajstić information content (AvgIpc) is 3.34. The molecule has 1 aromatic carbocycles. The summed E-state index contributed by atoms with van der Waals surface area (Å²) in [6.07, 6.45) is 5.75. The molecule has 0 bridgehead atoms. The maximum absolute atomic E-state index is 10.3.